The normalized spacial score (nSPS) is 16.4. The number of aryl methyl sites for hydroxylation is 2. The van der Waals surface area contributed by atoms with Crippen LogP contribution in [0.2, 0.25) is 0 Å². The molecule has 2 rings (SSSR count). The lowest BCUT2D eigenvalue weighted by Crippen LogP contribution is -2.35. The van der Waals surface area contributed by atoms with Crippen LogP contribution in [0.25, 0.3) is 0 Å². The second-order valence-electron chi connectivity index (χ2n) is 5.21. The molecule has 1 aromatic heterocycles. The van der Waals surface area contributed by atoms with Gasteiger partial charge in [0.15, 0.2) is 0 Å². The van der Waals surface area contributed by atoms with Crippen molar-refractivity contribution in [2.75, 3.05) is 18.0 Å². The summed E-state index contributed by atoms with van der Waals surface area (Å²) < 4.78 is 1.60. The topological polar surface area (TPSA) is 81.3 Å². The van der Waals surface area contributed by atoms with E-state index in [-0.39, 0.29) is 16.5 Å². The fourth-order valence-corrected chi connectivity index (χ4v) is 2.75. The summed E-state index contributed by atoms with van der Waals surface area (Å²) in [6.07, 6.45) is 3.90. The van der Waals surface area contributed by atoms with Crippen molar-refractivity contribution in [3.63, 3.8) is 0 Å². The predicted octanol–water partition coefficient (Wildman–Crippen LogP) is 1.70. The molecule has 0 aromatic carbocycles. The number of carbonyl (C=O) groups is 1. The summed E-state index contributed by atoms with van der Waals surface area (Å²) in [5.41, 5.74) is 0.673. The molecule has 1 aliphatic heterocycles. The predicted molar refractivity (Wildman–Crippen MR) is 74.9 cm³/mol. The highest BCUT2D eigenvalue weighted by Crippen LogP contribution is 2.34. The van der Waals surface area contributed by atoms with Crippen LogP contribution in [0.4, 0.5) is 11.5 Å². The highest BCUT2D eigenvalue weighted by atomic mass is 16.6. The lowest BCUT2D eigenvalue weighted by molar-refractivity contribution is -0.384. The number of nitro groups is 1. The molecule has 0 bridgehead atoms. The SMILES string of the molecule is CCCc1nn(C)c(N2CCC(C=O)CC2)c1[N+](=O)[O-]. The fourth-order valence-electron chi connectivity index (χ4n) is 2.75. The van der Waals surface area contributed by atoms with Gasteiger partial charge in [0.1, 0.15) is 12.0 Å². The molecule has 110 valence electrons. The molecule has 7 nitrogen and oxygen atoms in total. The molecule has 0 N–H and O–H groups in total. The van der Waals surface area contributed by atoms with Crippen LogP contribution >= 0.6 is 0 Å². The van der Waals surface area contributed by atoms with Gasteiger partial charge in [0.2, 0.25) is 5.82 Å². The molecule has 0 amide bonds. The number of nitrogens with zero attached hydrogens (tertiary/aromatic N) is 4. The summed E-state index contributed by atoms with van der Waals surface area (Å²) in [4.78, 5) is 23.8. The number of carbonyl (C=O) groups excluding carboxylic acids is 1. The maximum Gasteiger partial charge on any atom is 0.334 e. The maximum atomic E-state index is 11.4. The number of rotatable bonds is 5. The molecule has 7 heteroatoms. The monoisotopic (exact) mass is 280 g/mol. The Labute approximate surface area is 117 Å². The molecule has 1 aromatic rings. The fraction of sp³-hybridized carbons (Fsp3) is 0.692. The first-order valence-electron chi connectivity index (χ1n) is 6.99. The van der Waals surface area contributed by atoms with E-state index in [4.69, 9.17) is 0 Å². The van der Waals surface area contributed by atoms with Gasteiger partial charge in [0.05, 0.1) is 4.92 Å². The number of piperidine rings is 1. The van der Waals surface area contributed by atoms with Crippen LogP contribution in [-0.2, 0) is 18.3 Å². The lowest BCUT2D eigenvalue weighted by atomic mass is 9.98. The third kappa shape index (κ3) is 2.66. The van der Waals surface area contributed by atoms with Gasteiger partial charge in [-0.3, -0.25) is 10.1 Å². The molecule has 0 saturated carbocycles. The van der Waals surface area contributed by atoms with Crippen molar-refractivity contribution in [2.24, 2.45) is 13.0 Å². The second-order valence-corrected chi connectivity index (χ2v) is 5.21. The van der Waals surface area contributed by atoms with Crippen molar-refractivity contribution >= 4 is 17.8 Å². The zero-order valence-electron chi connectivity index (χ0n) is 11.9. The third-order valence-electron chi connectivity index (χ3n) is 3.76. The van der Waals surface area contributed by atoms with Gasteiger partial charge in [-0.05, 0) is 19.3 Å². The first kappa shape index (κ1) is 14.5. The molecule has 0 spiro atoms. The summed E-state index contributed by atoms with van der Waals surface area (Å²) in [6, 6.07) is 0. The van der Waals surface area contributed by atoms with E-state index in [9.17, 15) is 14.9 Å². The summed E-state index contributed by atoms with van der Waals surface area (Å²) in [5, 5.41) is 15.7. The largest absolute Gasteiger partial charge is 0.351 e. The Morgan fingerprint density at radius 3 is 2.60 bits per heavy atom. The van der Waals surface area contributed by atoms with E-state index in [0.717, 1.165) is 25.5 Å². The molecule has 1 saturated heterocycles. The zero-order chi connectivity index (χ0) is 14.7. The van der Waals surface area contributed by atoms with E-state index in [1.165, 1.54) is 0 Å². The van der Waals surface area contributed by atoms with Crippen molar-refractivity contribution in [1.29, 1.82) is 0 Å². The minimum Gasteiger partial charge on any atom is -0.351 e. The van der Waals surface area contributed by atoms with Crippen LogP contribution in [0.5, 0.6) is 0 Å². The molecule has 0 unspecified atom stereocenters. The van der Waals surface area contributed by atoms with Crippen molar-refractivity contribution in [3.05, 3.63) is 15.8 Å². The average molecular weight is 280 g/mol. The van der Waals surface area contributed by atoms with Gasteiger partial charge in [0, 0.05) is 26.1 Å². The molecule has 1 fully saturated rings. The Hall–Kier alpha value is -1.92. The number of aldehydes is 1. The van der Waals surface area contributed by atoms with E-state index >= 15 is 0 Å². The lowest BCUT2D eigenvalue weighted by Gasteiger charge is -2.30. The van der Waals surface area contributed by atoms with Crippen LogP contribution in [-0.4, -0.2) is 34.1 Å². The highest BCUT2D eigenvalue weighted by Gasteiger charge is 2.31. The van der Waals surface area contributed by atoms with E-state index < -0.39 is 0 Å². The van der Waals surface area contributed by atoms with Crippen LogP contribution in [0.15, 0.2) is 0 Å². The Morgan fingerprint density at radius 1 is 1.45 bits per heavy atom. The van der Waals surface area contributed by atoms with E-state index in [0.29, 0.717) is 31.0 Å². The first-order chi connectivity index (χ1) is 9.58. The van der Waals surface area contributed by atoms with Gasteiger partial charge in [-0.1, -0.05) is 13.3 Å². The van der Waals surface area contributed by atoms with Gasteiger partial charge < -0.3 is 9.69 Å². The zero-order valence-corrected chi connectivity index (χ0v) is 11.9. The first-order valence-corrected chi connectivity index (χ1v) is 6.99. The van der Waals surface area contributed by atoms with Gasteiger partial charge in [0.25, 0.3) is 0 Å². The molecular formula is C13H20N4O3. The quantitative estimate of drug-likeness (QED) is 0.466. The molecule has 1 aliphatic rings. The Bertz CT molecular complexity index is 504. The molecule has 2 heterocycles. The summed E-state index contributed by atoms with van der Waals surface area (Å²) >= 11 is 0. The molecule has 0 radical (unpaired) electrons. The van der Waals surface area contributed by atoms with Crippen LogP contribution in [0, 0.1) is 16.0 Å². The van der Waals surface area contributed by atoms with Crippen LogP contribution in [0.3, 0.4) is 0 Å². The standard InChI is InChI=1S/C13H20N4O3/c1-3-4-11-12(17(19)20)13(15(2)14-11)16-7-5-10(9-18)6-8-16/h9-10H,3-8H2,1-2H3. The molecule has 0 aliphatic carbocycles. The molecule has 0 atom stereocenters. The number of hydrogen-bond donors (Lipinski definition) is 0. The summed E-state index contributed by atoms with van der Waals surface area (Å²) in [5.74, 6) is 0.649. The van der Waals surface area contributed by atoms with Crippen molar-refractivity contribution < 1.29 is 9.72 Å². The molecule has 20 heavy (non-hydrogen) atoms. The highest BCUT2D eigenvalue weighted by molar-refractivity contribution is 5.62. The Balaban J connectivity index is 2.31. The number of hydrogen-bond acceptors (Lipinski definition) is 5. The van der Waals surface area contributed by atoms with E-state index in [2.05, 4.69) is 5.10 Å². The Morgan fingerprint density at radius 2 is 2.10 bits per heavy atom. The van der Waals surface area contributed by atoms with Crippen LogP contribution in [0.1, 0.15) is 31.9 Å². The summed E-state index contributed by atoms with van der Waals surface area (Å²) in [6.45, 7) is 3.30. The molecular weight excluding hydrogens is 260 g/mol. The number of anilines is 1. The van der Waals surface area contributed by atoms with Gasteiger partial charge in [-0.2, -0.15) is 5.10 Å². The van der Waals surface area contributed by atoms with Gasteiger partial charge in [-0.25, -0.2) is 4.68 Å². The minimum atomic E-state index is -0.334. The van der Waals surface area contributed by atoms with Crippen molar-refractivity contribution in [2.45, 2.75) is 32.6 Å². The summed E-state index contributed by atoms with van der Waals surface area (Å²) in [7, 11) is 1.74. The Kier molecular flexibility index (Phi) is 4.36. The minimum absolute atomic E-state index is 0.0774. The van der Waals surface area contributed by atoms with Crippen molar-refractivity contribution in [1.82, 2.24) is 9.78 Å². The average Bonchev–Trinajstić information content (AvgIpc) is 2.76. The van der Waals surface area contributed by atoms with E-state index in [1.807, 2.05) is 11.8 Å². The number of aromatic nitrogens is 2. The maximum absolute atomic E-state index is 11.4. The van der Waals surface area contributed by atoms with Gasteiger partial charge in [-0.15, -0.1) is 0 Å². The van der Waals surface area contributed by atoms with Gasteiger partial charge >= 0.3 is 5.69 Å². The van der Waals surface area contributed by atoms with Crippen LogP contribution < -0.4 is 4.90 Å². The van der Waals surface area contributed by atoms with E-state index in [1.54, 1.807) is 11.7 Å². The van der Waals surface area contributed by atoms with Crippen molar-refractivity contribution in [3.8, 4) is 0 Å². The smallest absolute Gasteiger partial charge is 0.334 e. The third-order valence-corrected chi connectivity index (χ3v) is 3.76. The second kappa shape index (κ2) is 6.02.